The van der Waals surface area contributed by atoms with Gasteiger partial charge in [-0.25, -0.2) is 17.5 Å². The molecule has 29 heavy (non-hydrogen) atoms. The molecule has 0 aliphatic carbocycles. The van der Waals surface area contributed by atoms with E-state index in [1.165, 1.54) is 24.1 Å². The minimum Gasteiger partial charge on any atom is -0.497 e. The van der Waals surface area contributed by atoms with Crippen molar-refractivity contribution in [3.05, 3.63) is 54.1 Å². The van der Waals surface area contributed by atoms with E-state index in [9.17, 15) is 18.0 Å². The average molecular weight is 417 g/mol. The van der Waals surface area contributed by atoms with E-state index in [-0.39, 0.29) is 29.6 Å². The Bertz CT molecular complexity index is 1010. The summed E-state index contributed by atoms with van der Waals surface area (Å²) in [6, 6.07) is 12.2. The van der Waals surface area contributed by atoms with E-state index in [1.54, 1.807) is 36.4 Å². The predicted octanol–water partition coefficient (Wildman–Crippen LogP) is 2.35. The summed E-state index contributed by atoms with van der Waals surface area (Å²) in [5.74, 6) is 0.278. The first-order valence-corrected chi connectivity index (χ1v) is 10.7. The third-order valence-electron chi connectivity index (χ3n) is 4.53. The van der Waals surface area contributed by atoms with Gasteiger partial charge in [-0.2, -0.15) is 0 Å². The maximum Gasteiger partial charge on any atom is 0.339 e. The van der Waals surface area contributed by atoms with Gasteiger partial charge in [-0.15, -0.1) is 0 Å². The van der Waals surface area contributed by atoms with Crippen LogP contribution in [0.1, 0.15) is 18.9 Å². The zero-order chi connectivity index (χ0) is 21.0. The average Bonchev–Trinajstić information content (AvgIpc) is 2.73. The fourth-order valence-electron chi connectivity index (χ4n) is 3.02. The van der Waals surface area contributed by atoms with Crippen LogP contribution in [0.25, 0.3) is 0 Å². The number of urea groups is 1. The molecule has 0 radical (unpaired) electrons. The van der Waals surface area contributed by atoms with Gasteiger partial charge >= 0.3 is 6.03 Å². The predicted molar refractivity (Wildman–Crippen MR) is 108 cm³/mol. The summed E-state index contributed by atoms with van der Waals surface area (Å²) < 4.78 is 32.1. The Kier molecular flexibility index (Phi) is 6.07. The first-order chi connectivity index (χ1) is 13.9. The molecular formula is C20H23N3O5S. The number of rotatable bonds is 7. The molecule has 0 atom stereocenters. The Morgan fingerprint density at radius 1 is 1.10 bits per heavy atom. The number of carbonyl (C=O) groups excluding carboxylic acids is 2. The third-order valence-corrected chi connectivity index (χ3v) is 6.29. The summed E-state index contributed by atoms with van der Waals surface area (Å²) in [6.07, 6.45) is 0.758. The lowest BCUT2D eigenvalue weighted by molar-refractivity contribution is -0.119. The van der Waals surface area contributed by atoms with E-state index in [4.69, 9.17) is 4.74 Å². The lowest BCUT2D eigenvalue weighted by atomic mass is 10.2. The maximum atomic E-state index is 13.1. The van der Waals surface area contributed by atoms with Crippen molar-refractivity contribution >= 4 is 27.6 Å². The van der Waals surface area contributed by atoms with Gasteiger partial charge in [-0.1, -0.05) is 31.2 Å². The second-order valence-corrected chi connectivity index (χ2v) is 8.38. The number of amides is 3. The van der Waals surface area contributed by atoms with Crippen LogP contribution >= 0.6 is 0 Å². The lowest BCUT2D eigenvalue weighted by Gasteiger charge is -2.36. The number of methoxy groups -OCH3 is 1. The van der Waals surface area contributed by atoms with Gasteiger partial charge in [0.2, 0.25) is 5.91 Å². The zero-order valence-electron chi connectivity index (χ0n) is 16.3. The van der Waals surface area contributed by atoms with Gasteiger partial charge in [-0.3, -0.25) is 9.69 Å². The number of sulfonamides is 1. The molecular weight excluding hydrogens is 394 g/mol. The first kappa shape index (κ1) is 20.7. The van der Waals surface area contributed by atoms with Gasteiger partial charge in [0.25, 0.3) is 10.0 Å². The summed E-state index contributed by atoms with van der Waals surface area (Å²) >= 11 is 0. The van der Waals surface area contributed by atoms with E-state index in [1.807, 2.05) is 6.92 Å². The van der Waals surface area contributed by atoms with Crippen LogP contribution < -0.4 is 15.0 Å². The standard InChI is InChI=1S/C20H23N3O5S/c1-3-12-21-19(24)14-22-17-6-4-5-7-18(17)29(26,27)23(20(22)25)13-15-8-10-16(28-2)11-9-15/h4-11H,3,12-14H2,1-2H3,(H,21,24). The SMILES string of the molecule is CCCNC(=O)CN1C(=O)N(Cc2ccc(OC)cc2)S(=O)(=O)c2ccccc21. The van der Waals surface area contributed by atoms with Crippen molar-refractivity contribution in [3.63, 3.8) is 0 Å². The molecule has 8 nitrogen and oxygen atoms in total. The molecule has 9 heteroatoms. The fourth-order valence-corrected chi connectivity index (χ4v) is 4.58. The van der Waals surface area contributed by atoms with Crippen molar-refractivity contribution < 1.29 is 22.7 Å². The molecule has 3 rings (SSSR count). The Hall–Kier alpha value is -3.07. The Morgan fingerprint density at radius 3 is 2.45 bits per heavy atom. The van der Waals surface area contributed by atoms with Crippen LogP contribution in [0.4, 0.5) is 10.5 Å². The van der Waals surface area contributed by atoms with Crippen LogP contribution in [0.15, 0.2) is 53.4 Å². The van der Waals surface area contributed by atoms with Crippen molar-refractivity contribution in [2.75, 3.05) is 25.1 Å². The van der Waals surface area contributed by atoms with Crippen molar-refractivity contribution in [2.45, 2.75) is 24.8 Å². The zero-order valence-corrected chi connectivity index (χ0v) is 17.1. The minimum atomic E-state index is -4.05. The van der Waals surface area contributed by atoms with Gasteiger partial charge in [0.15, 0.2) is 0 Å². The quantitative estimate of drug-likeness (QED) is 0.746. The van der Waals surface area contributed by atoms with Gasteiger partial charge < -0.3 is 10.1 Å². The molecule has 1 heterocycles. The normalized spacial score (nSPS) is 15.0. The Labute approximate surface area is 170 Å². The van der Waals surface area contributed by atoms with Crippen LogP contribution in [0.2, 0.25) is 0 Å². The van der Waals surface area contributed by atoms with Gasteiger partial charge in [0.1, 0.15) is 17.2 Å². The molecule has 0 saturated heterocycles. The smallest absolute Gasteiger partial charge is 0.339 e. The van der Waals surface area contributed by atoms with Crippen LogP contribution in [-0.4, -0.2) is 44.9 Å². The number of nitrogens with zero attached hydrogens (tertiary/aromatic N) is 2. The highest BCUT2D eigenvalue weighted by Crippen LogP contribution is 2.35. The first-order valence-electron chi connectivity index (χ1n) is 9.21. The Morgan fingerprint density at radius 2 is 1.79 bits per heavy atom. The molecule has 1 aliphatic heterocycles. The van der Waals surface area contributed by atoms with Crippen LogP contribution in [0, 0.1) is 0 Å². The van der Waals surface area contributed by atoms with Crippen molar-refractivity contribution in [3.8, 4) is 5.75 Å². The number of hydrogen-bond acceptors (Lipinski definition) is 5. The molecule has 0 fully saturated rings. The highest BCUT2D eigenvalue weighted by Gasteiger charge is 2.41. The van der Waals surface area contributed by atoms with E-state index < -0.39 is 16.1 Å². The monoisotopic (exact) mass is 417 g/mol. The number of fused-ring (bicyclic) bond motifs is 1. The molecule has 0 unspecified atom stereocenters. The molecule has 154 valence electrons. The van der Waals surface area contributed by atoms with Gasteiger partial charge in [0, 0.05) is 6.54 Å². The fraction of sp³-hybridized carbons (Fsp3) is 0.300. The van der Waals surface area contributed by atoms with Crippen molar-refractivity contribution in [1.29, 1.82) is 0 Å². The highest BCUT2D eigenvalue weighted by atomic mass is 32.2. The molecule has 1 N–H and O–H groups in total. The van der Waals surface area contributed by atoms with Gasteiger partial charge in [-0.05, 0) is 36.2 Å². The summed E-state index contributed by atoms with van der Waals surface area (Å²) in [7, 11) is -2.52. The van der Waals surface area contributed by atoms with E-state index >= 15 is 0 Å². The van der Waals surface area contributed by atoms with Crippen LogP contribution in [0.5, 0.6) is 5.75 Å². The molecule has 1 aliphatic rings. The Balaban J connectivity index is 1.96. The maximum absolute atomic E-state index is 13.1. The molecule has 0 bridgehead atoms. The number of nitrogens with one attached hydrogen (secondary N) is 1. The molecule has 0 aromatic heterocycles. The molecule has 2 aromatic carbocycles. The topological polar surface area (TPSA) is 96.0 Å². The number of para-hydroxylation sites is 1. The minimum absolute atomic E-state index is 0.00333. The summed E-state index contributed by atoms with van der Waals surface area (Å²) in [4.78, 5) is 26.5. The highest BCUT2D eigenvalue weighted by molar-refractivity contribution is 7.90. The number of ether oxygens (including phenoxy) is 1. The van der Waals surface area contributed by atoms with E-state index in [0.717, 1.165) is 10.7 Å². The van der Waals surface area contributed by atoms with E-state index in [2.05, 4.69) is 5.32 Å². The molecule has 2 aromatic rings. The number of anilines is 1. The lowest BCUT2D eigenvalue weighted by Crippen LogP contribution is -2.53. The third kappa shape index (κ3) is 4.19. The van der Waals surface area contributed by atoms with Gasteiger partial charge in [0.05, 0.1) is 19.3 Å². The van der Waals surface area contributed by atoms with Crippen molar-refractivity contribution in [1.82, 2.24) is 9.62 Å². The molecule has 3 amide bonds. The largest absolute Gasteiger partial charge is 0.497 e. The second-order valence-electron chi connectivity index (χ2n) is 6.55. The number of benzene rings is 2. The number of carbonyl (C=O) groups is 2. The second kappa shape index (κ2) is 8.52. The summed E-state index contributed by atoms with van der Waals surface area (Å²) in [5, 5.41) is 2.71. The summed E-state index contributed by atoms with van der Waals surface area (Å²) in [6.45, 7) is 2.00. The summed E-state index contributed by atoms with van der Waals surface area (Å²) in [5.41, 5.74) is 0.827. The van der Waals surface area contributed by atoms with E-state index in [0.29, 0.717) is 17.9 Å². The van der Waals surface area contributed by atoms with Crippen LogP contribution in [0.3, 0.4) is 0 Å². The van der Waals surface area contributed by atoms with Crippen molar-refractivity contribution in [2.24, 2.45) is 0 Å². The van der Waals surface area contributed by atoms with Crippen LogP contribution in [-0.2, 0) is 21.4 Å². The molecule has 0 saturated carbocycles. The molecule has 0 spiro atoms. The number of hydrogen-bond donors (Lipinski definition) is 1.